The van der Waals surface area contributed by atoms with Crippen molar-refractivity contribution in [1.29, 1.82) is 0 Å². The average molecular weight is 495 g/mol. The molecule has 0 aromatic carbocycles. The third kappa shape index (κ3) is 26.2. The van der Waals surface area contributed by atoms with Gasteiger partial charge in [-0.25, -0.2) is 4.79 Å². The van der Waals surface area contributed by atoms with Crippen LogP contribution in [0, 0.1) is 0 Å². The second-order valence-electron chi connectivity index (χ2n) is 11.0. The summed E-state index contributed by atoms with van der Waals surface area (Å²) in [7, 11) is 0. The Morgan fingerprint density at radius 2 is 0.714 bits per heavy atom. The second-order valence-corrected chi connectivity index (χ2v) is 11.0. The predicted octanol–water partition coefficient (Wildman–Crippen LogP) is 10.8. The third-order valence-corrected chi connectivity index (χ3v) is 7.41. The molecule has 0 aliphatic rings. The lowest BCUT2D eigenvalue weighted by molar-refractivity contribution is 0.195. The number of hydrogen-bond acceptors (Lipinski definition) is 1. The van der Waals surface area contributed by atoms with E-state index in [4.69, 9.17) is 0 Å². The van der Waals surface area contributed by atoms with Gasteiger partial charge in [0.15, 0.2) is 0 Å². The molecule has 3 nitrogen and oxygen atoms in total. The van der Waals surface area contributed by atoms with Gasteiger partial charge in [0.05, 0.1) is 0 Å². The third-order valence-electron chi connectivity index (χ3n) is 7.41. The van der Waals surface area contributed by atoms with Crippen molar-refractivity contribution in [3.8, 4) is 0 Å². The van der Waals surface area contributed by atoms with Crippen LogP contribution in [0.1, 0.15) is 181 Å². The van der Waals surface area contributed by atoms with Crippen molar-refractivity contribution in [2.75, 3.05) is 19.6 Å². The summed E-state index contributed by atoms with van der Waals surface area (Å²) in [5.74, 6) is 0. The molecule has 0 aliphatic carbocycles. The maximum Gasteiger partial charge on any atom is 0.317 e. The number of amides is 2. The topological polar surface area (TPSA) is 32.3 Å². The van der Waals surface area contributed by atoms with E-state index in [1.165, 1.54) is 141 Å². The van der Waals surface area contributed by atoms with Crippen LogP contribution in [0.5, 0.6) is 0 Å². The molecule has 0 heterocycles. The lowest BCUT2D eigenvalue weighted by Crippen LogP contribution is -2.41. The van der Waals surface area contributed by atoms with Gasteiger partial charge in [-0.2, -0.15) is 0 Å². The van der Waals surface area contributed by atoms with Gasteiger partial charge in [-0.1, -0.05) is 162 Å². The van der Waals surface area contributed by atoms with Crippen molar-refractivity contribution in [2.45, 2.75) is 181 Å². The first-order valence-electron chi connectivity index (χ1n) is 16.3. The van der Waals surface area contributed by atoms with E-state index in [-0.39, 0.29) is 6.03 Å². The number of unbranched alkanes of at least 4 members (excludes halogenated alkanes) is 22. The molecule has 0 saturated carbocycles. The maximum atomic E-state index is 12.9. The van der Waals surface area contributed by atoms with Crippen LogP contribution in [0.3, 0.4) is 0 Å². The van der Waals surface area contributed by atoms with E-state index in [9.17, 15) is 4.79 Å². The quantitative estimate of drug-likeness (QED) is 0.108. The SMILES string of the molecule is CCCCCCCCCCCNC(=O)N(CCCCCCCCCC)CCCCCCCCCC. The fourth-order valence-corrected chi connectivity index (χ4v) is 4.93. The van der Waals surface area contributed by atoms with Crippen LogP contribution < -0.4 is 5.32 Å². The van der Waals surface area contributed by atoms with Gasteiger partial charge in [-0.05, 0) is 19.3 Å². The molecule has 0 saturated heterocycles. The van der Waals surface area contributed by atoms with Crippen LogP contribution in [0.15, 0.2) is 0 Å². The number of hydrogen-bond donors (Lipinski definition) is 1. The van der Waals surface area contributed by atoms with Crippen molar-refractivity contribution < 1.29 is 4.79 Å². The monoisotopic (exact) mass is 495 g/mol. The molecule has 0 fully saturated rings. The zero-order chi connectivity index (χ0) is 25.7. The Hall–Kier alpha value is -0.730. The minimum atomic E-state index is 0.190. The van der Waals surface area contributed by atoms with Crippen LogP contribution >= 0.6 is 0 Å². The molecule has 0 rings (SSSR count). The molecular weight excluding hydrogens is 428 g/mol. The summed E-state index contributed by atoms with van der Waals surface area (Å²) in [5.41, 5.74) is 0. The average Bonchev–Trinajstić information content (AvgIpc) is 2.86. The van der Waals surface area contributed by atoms with Gasteiger partial charge in [-0.3, -0.25) is 0 Å². The second kappa shape index (κ2) is 29.5. The highest BCUT2D eigenvalue weighted by atomic mass is 16.2. The molecule has 0 unspecified atom stereocenters. The molecule has 0 aliphatic heterocycles. The van der Waals surface area contributed by atoms with Gasteiger partial charge >= 0.3 is 6.03 Å². The number of nitrogens with zero attached hydrogens (tertiary/aromatic N) is 1. The van der Waals surface area contributed by atoms with E-state index in [1.807, 2.05) is 0 Å². The zero-order valence-corrected chi connectivity index (χ0v) is 24.7. The summed E-state index contributed by atoms with van der Waals surface area (Å²) in [5, 5.41) is 3.24. The van der Waals surface area contributed by atoms with Crippen LogP contribution in [0.25, 0.3) is 0 Å². The number of rotatable bonds is 28. The van der Waals surface area contributed by atoms with Gasteiger partial charge in [0.25, 0.3) is 0 Å². The van der Waals surface area contributed by atoms with E-state index in [0.29, 0.717) is 0 Å². The normalized spacial score (nSPS) is 11.2. The highest BCUT2D eigenvalue weighted by Crippen LogP contribution is 2.12. The summed E-state index contributed by atoms with van der Waals surface area (Å²) < 4.78 is 0. The van der Waals surface area contributed by atoms with Gasteiger partial charge in [0, 0.05) is 19.6 Å². The van der Waals surface area contributed by atoms with Crippen LogP contribution in [-0.4, -0.2) is 30.6 Å². The minimum absolute atomic E-state index is 0.190. The fourth-order valence-electron chi connectivity index (χ4n) is 4.93. The first-order valence-corrected chi connectivity index (χ1v) is 16.3. The number of urea groups is 1. The lowest BCUT2D eigenvalue weighted by atomic mass is 10.1. The van der Waals surface area contributed by atoms with Gasteiger partial charge in [0.1, 0.15) is 0 Å². The molecule has 35 heavy (non-hydrogen) atoms. The van der Waals surface area contributed by atoms with E-state index in [1.54, 1.807) is 0 Å². The van der Waals surface area contributed by atoms with Crippen molar-refractivity contribution in [3.05, 3.63) is 0 Å². The van der Waals surface area contributed by atoms with E-state index >= 15 is 0 Å². The van der Waals surface area contributed by atoms with E-state index in [2.05, 4.69) is 31.0 Å². The molecule has 1 N–H and O–H groups in total. The highest BCUT2D eigenvalue weighted by molar-refractivity contribution is 5.74. The van der Waals surface area contributed by atoms with Crippen molar-refractivity contribution >= 4 is 6.03 Å². The molecule has 0 atom stereocenters. The summed E-state index contributed by atoms with van der Waals surface area (Å²) in [6, 6.07) is 0.190. The number of carbonyl (C=O) groups is 1. The summed E-state index contributed by atoms with van der Waals surface area (Å²) in [6.07, 6.45) is 33.2. The Kier molecular flexibility index (Phi) is 28.9. The first kappa shape index (κ1) is 34.3. The van der Waals surface area contributed by atoms with Gasteiger partial charge < -0.3 is 10.2 Å². The molecule has 0 radical (unpaired) electrons. The van der Waals surface area contributed by atoms with E-state index < -0.39 is 0 Å². The van der Waals surface area contributed by atoms with Crippen LogP contribution in [-0.2, 0) is 0 Å². The molecule has 2 amide bonds. The molecule has 0 bridgehead atoms. The summed E-state index contributed by atoms with van der Waals surface area (Å²) in [4.78, 5) is 15.0. The molecule has 0 spiro atoms. The summed E-state index contributed by atoms with van der Waals surface area (Å²) >= 11 is 0. The molecule has 3 heteroatoms. The Balaban J connectivity index is 4.02. The standard InChI is InChI=1S/C32H66N2O/c1-4-7-10-13-16-19-20-23-26-29-33-32(35)34(30-27-24-21-17-14-11-8-5-2)31-28-25-22-18-15-12-9-6-3/h4-31H2,1-3H3,(H,33,35). The smallest absolute Gasteiger partial charge is 0.317 e. The molecular formula is C32H66N2O. The van der Waals surface area contributed by atoms with Crippen LogP contribution in [0.2, 0.25) is 0 Å². The zero-order valence-electron chi connectivity index (χ0n) is 24.7. The Bertz CT molecular complexity index is 392. The predicted molar refractivity (Wildman–Crippen MR) is 157 cm³/mol. The van der Waals surface area contributed by atoms with Gasteiger partial charge in [-0.15, -0.1) is 0 Å². The molecule has 210 valence electrons. The van der Waals surface area contributed by atoms with Crippen molar-refractivity contribution in [1.82, 2.24) is 10.2 Å². The largest absolute Gasteiger partial charge is 0.338 e. The highest BCUT2D eigenvalue weighted by Gasteiger charge is 2.12. The minimum Gasteiger partial charge on any atom is -0.338 e. The van der Waals surface area contributed by atoms with E-state index in [0.717, 1.165) is 38.9 Å². The Labute approximate surface area is 222 Å². The van der Waals surface area contributed by atoms with Crippen molar-refractivity contribution in [2.24, 2.45) is 0 Å². The first-order chi connectivity index (χ1) is 17.3. The number of nitrogens with one attached hydrogen (secondary N) is 1. The lowest BCUT2D eigenvalue weighted by Gasteiger charge is -2.23. The Morgan fingerprint density at radius 3 is 1.06 bits per heavy atom. The number of carbonyl (C=O) groups excluding carboxylic acids is 1. The molecule has 0 aromatic heterocycles. The Morgan fingerprint density at radius 1 is 0.429 bits per heavy atom. The molecule has 0 aromatic rings. The van der Waals surface area contributed by atoms with Gasteiger partial charge in [0.2, 0.25) is 0 Å². The maximum absolute atomic E-state index is 12.9. The summed E-state index contributed by atoms with van der Waals surface area (Å²) in [6.45, 7) is 9.56. The van der Waals surface area contributed by atoms with Crippen LogP contribution in [0.4, 0.5) is 4.79 Å². The fraction of sp³-hybridized carbons (Fsp3) is 0.969. The van der Waals surface area contributed by atoms with Crippen molar-refractivity contribution in [3.63, 3.8) is 0 Å².